The van der Waals surface area contributed by atoms with Gasteiger partial charge >= 0.3 is 0 Å². The number of nitrogens with two attached hydrogens (primary N) is 1. The van der Waals surface area contributed by atoms with E-state index in [-0.39, 0.29) is 0 Å². The van der Waals surface area contributed by atoms with Crippen molar-refractivity contribution in [2.24, 2.45) is 10.7 Å². The van der Waals surface area contributed by atoms with Crippen LogP contribution in [0.5, 0.6) is 0 Å². The Morgan fingerprint density at radius 3 is 2.29 bits per heavy atom. The number of hydrogen-bond donors (Lipinski definition) is 2. The number of nitrogens with zero attached hydrogens (tertiary/aromatic N) is 1. The van der Waals surface area contributed by atoms with Crippen molar-refractivity contribution in [1.82, 2.24) is 0 Å². The van der Waals surface area contributed by atoms with Crippen molar-refractivity contribution in [3.05, 3.63) is 35.7 Å². The van der Waals surface area contributed by atoms with Crippen molar-refractivity contribution in [3.63, 3.8) is 0 Å². The van der Waals surface area contributed by atoms with Crippen molar-refractivity contribution in [1.29, 1.82) is 5.41 Å². The Bertz CT molecular complexity index is 319. The fourth-order valence-corrected chi connectivity index (χ4v) is 0.925. The van der Waals surface area contributed by atoms with Crippen LogP contribution in [0.4, 0.5) is 0 Å². The zero-order valence-corrected chi connectivity index (χ0v) is 8.96. The number of aliphatic imine (C=N–C) groups is 1. The first-order valence-electron chi connectivity index (χ1n) is 4.37. The summed E-state index contributed by atoms with van der Waals surface area (Å²) in [6, 6.07) is 0. The minimum absolute atomic E-state index is 0.616. The summed E-state index contributed by atoms with van der Waals surface area (Å²) in [7, 11) is 0. The first kappa shape index (κ1) is 12.4. The number of rotatable bonds is 4. The average molecular weight is 191 g/mol. The molecule has 0 saturated carbocycles. The molecule has 0 atom stereocenters. The maximum atomic E-state index is 7.10. The van der Waals surface area contributed by atoms with Gasteiger partial charge in [0.2, 0.25) is 0 Å². The monoisotopic (exact) mass is 191 g/mol. The van der Waals surface area contributed by atoms with Crippen LogP contribution in [0.25, 0.3) is 0 Å². The maximum absolute atomic E-state index is 7.10. The van der Waals surface area contributed by atoms with Crippen LogP contribution in [0.15, 0.2) is 40.7 Å². The van der Waals surface area contributed by atoms with Crippen molar-refractivity contribution < 1.29 is 0 Å². The molecule has 0 fully saturated rings. The number of hydrogen-bond acceptors (Lipinski definition) is 3. The summed E-state index contributed by atoms with van der Waals surface area (Å²) < 4.78 is 0. The molecule has 0 aliphatic rings. The van der Waals surface area contributed by atoms with E-state index in [4.69, 9.17) is 11.1 Å². The summed E-state index contributed by atoms with van der Waals surface area (Å²) >= 11 is 0. The van der Waals surface area contributed by atoms with Gasteiger partial charge in [0, 0.05) is 23.7 Å². The van der Waals surface area contributed by atoms with Gasteiger partial charge in [0.15, 0.2) is 0 Å². The summed E-state index contributed by atoms with van der Waals surface area (Å²) in [5.74, 6) is 0. The lowest BCUT2D eigenvalue weighted by molar-refractivity contribution is 1.27. The predicted octanol–water partition coefficient (Wildman–Crippen LogP) is 2.42. The van der Waals surface area contributed by atoms with Crippen LogP contribution < -0.4 is 5.73 Å². The van der Waals surface area contributed by atoms with Crippen molar-refractivity contribution in [2.75, 3.05) is 0 Å². The van der Waals surface area contributed by atoms with E-state index in [1.807, 2.05) is 26.8 Å². The topological polar surface area (TPSA) is 62.2 Å². The van der Waals surface area contributed by atoms with Gasteiger partial charge in [-0.05, 0) is 26.3 Å². The molecule has 0 aliphatic carbocycles. The minimum atomic E-state index is 0.616. The molecule has 76 valence electrons. The van der Waals surface area contributed by atoms with Gasteiger partial charge in [0.25, 0.3) is 0 Å². The van der Waals surface area contributed by atoms with Crippen molar-refractivity contribution in [3.8, 4) is 0 Å². The molecule has 0 radical (unpaired) electrons. The highest BCUT2D eigenvalue weighted by atomic mass is 14.8. The van der Waals surface area contributed by atoms with Gasteiger partial charge < -0.3 is 11.1 Å². The van der Waals surface area contributed by atoms with Gasteiger partial charge in [-0.2, -0.15) is 0 Å². The molecule has 0 spiro atoms. The SMILES string of the molecule is C=C(C)C(=C/C)/N=C(C)\C(C=N)=C\N. The molecule has 3 heteroatoms. The zero-order chi connectivity index (χ0) is 11.1. The molecule has 0 amide bonds. The van der Waals surface area contributed by atoms with Gasteiger partial charge in [0.1, 0.15) is 0 Å². The van der Waals surface area contributed by atoms with Gasteiger partial charge in [-0.15, -0.1) is 0 Å². The van der Waals surface area contributed by atoms with Crippen LogP contribution >= 0.6 is 0 Å². The third kappa shape index (κ3) is 3.39. The quantitative estimate of drug-likeness (QED) is 0.520. The molecule has 0 saturated heterocycles. The fraction of sp³-hybridized carbons (Fsp3) is 0.273. The molecule has 3 nitrogen and oxygen atoms in total. The average Bonchev–Trinajstić information content (AvgIpc) is 2.15. The molecule has 0 aliphatic heterocycles. The van der Waals surface area contributed by atoms with E-state index in [1.165, 1.54) is 12.4 Å². The molecule has 0 unspecified atom stereocenters. The third-order valence-corrected chi connectivity index (χ3v) is 1.75. The molecule has 0 aromatic carbocycles. The molecule has 3 N–H and O–H groups in total. The molecule has 0 rings (SSSR count). The molecule has 0 bridgehead atoms. The van der Waals surface area contributed by atoms with Crippen LogP contribution in [0.1, 0.15) is 20.8 Å². The smallest absolute Gasteiger partial charge is 0.0613 e. The predicted molar refractivity (Wildman–Crippen MR) is 62.7 cm³/mol. The lowest BCUT2D eigenvalue weighted by Gasteiger charge is -2.03. The van der Waals surface area contributed by atoms with Crippen LogP contribution in [-0.2, 0) is 0 Å². The van der Waals surface area contributed by atoms with E-state index < -0.39 is 0 Å². The van der Waals surface area contributed by atoms with E-state index in [0.29, 0.717) is 5.57 Å². The standard InChI is InChI=1S/C11H17N3/c1-5-11(8(2)3)14-9(4)10(6-12)7-13/h5-7,12H,2,13H2,1,3-4H3/b10-7+,11-5-,12-6?,14-9-. The highest BCUT2D eigenvalue weighted by Gasteiger charge is 1.99. The second kappa shape index (κ2) is 5.91. The molecule has 0 aromatic heterocycles. The summed E-state index contributed by atoms with van der Waals surface area (Å²) in [5.41, 5.74) is 8.40. The molecular weight excluding hydrogens is 174 g/mol. The largest absolute Gasteiger partial charge is 0.404 e. The second-order valence-corrected chi connectivity index (χ2v) is 2.92. The van der Waals surface area contributed by atoms with Crippen LogP contribution in [0.3, 0.4) is 0 Å². The lowest BCUT2D eigenvalue weighted by Crippen LogP contribution is -2.02. The zero-order valence-electron chi connectivity index (χ0n) is 8.96. The Morgan fingerprint density at radius 2 is 2.00 bits per heavy atom. The van der Waals surface area contributed by atoms with E-state index in [0.717, 1.165) is 17.0 Å². The van der Waals surface area contributed by atoms with Crippen LogP contribution in [-0.4, -0.2) is 11.9 Å². The number of allylic oxidation sites excluding steroid dienone is 3. The van der Waals surface area contributed by atoms with Crippen molar-refractivity contribution in [2.45, 2.75) is 20.8 Å². The summed E-state index contributed by atoms with van der Waals surface area (Å²) in [6.07, 6.45) is 4.44. The summed E-state index contributed by atoms with van der Waals surface area (Å²) in [4.78, 5) is 4.32. The molecular formula is C11H17N3. The normalized spacial score (nSPS) is 14.1. The Hall–Kier alpha value is -1.64. The minimum Gasteiger partial charge on any atom is -0.404 e. The molecule has 0 aromatic rings. The van der Waals surface area contributed by atoms with E-state index in [1.54, 1.807) is 0 Å². The Kier molecular flexibility index (Phi) is 5.22. The van der Waals surface area contributed by atoms with Gasteiger partial charge in [0.05, 0.1) is 5.70 Å². The van der Waals surface area contributed by atoms with E-state index in [9.17, 15) is 0 Å². The van der Waals surface area contributed by atoms with Crippen molar-refractivity contribution >= 4 is 11.9 Å². The molecule has 14 heavy (non-hydrogen) atoms. The first-order valence-corrected chi connectivity index (χ1v) is 4.37. The maximum Gasteiger partial charge on any atom is 0.0613 e. The van der Waals surface area contributed by atoms with E-state index in [2.05, 4.69) is 11.6 Å². The highest BCUT2D eigenvalue weighted by Crippen LogP contribution is 2.09. The Labute approximate surface area is 85.2 Å². The van der Waals surface area contributed by atoms with Crippen LogP contribution in [0.2, 0.25) is 0 Å². The van der Waals surface area contributed by atoms with Gasteiger partial charge in [-0.1, -0.05) is 12.7 Å². The van der Waals surface area contributed by atoms with Gasteiger partial charge in [-0.3, -0.25) is 4.99 Å². The Balaban J connectivity index is 5.00. The third-order valence-electron chi connectivity index (χ3n) is 1.75. The van der Waals surface area contributed by atoms with E-state index >= 15 is 0 Å². The number of nitrogens with one attached hydrogen (secondary N) is 1. The highest BCUT2D eigenvalue weighted by molar-refractivity contribution is 6.14. The summed E-state index contributed by atoms with van der Waals surface area (Å²) in [5, 5.41) is 7.10. The summed E-state index contributed by atoms with van der Waals surface area (Å²) in [6.45, 7) is 9.41. The fourth-order valence-electron chi connectivity index (χ4n) is 0.925. The Morgan fingerprint density at radius 1 is 1.43 bits per heavy atom. The van der Waals surface area contributed by atoms with Crippen LogP contribution in [0, 0.1) is 5.41 Å². The second-order valence-electron chi connectivity index (χ2n) is 2.92. The van der Waals surface area contributed by atoms with Gasteiger partial charge in [-0.25, -0.2) is 0 Å². The first-order chi connectivity index (χ1) is 6.56. The lowest BCUT2D eigenvalue weighted by atomic mass is 10.2. The molecule has 0 heterocycles.